The number of halogens is 6. The second kappa shape index (κ2) is 23.9. The Bertz CT molecular complexity index is 1200. The van der Waals surface area contributed by atoms with Gasteiger partial charge < -0.3 is 19.3 Å². The minimum Gasteiger partial charge on any atom is -0.447 e. The summed E-state index contributed by atoms with van der Waals surface area (Å²) in [4.78, 5) is 54.3. The van der Waals surface area contributed by atoms with Crippen molar-refractivity contribution in [3.63, 3.8) is 0 Å². The molecule has 2 rings (SSSR count). The lowest BCUT2D eigenvalue weighted by molar-refractivity contribution is -0.140. The fourth-order valence-electron chi connectivity index (χ4n) is 5.61. The SMILES string of the molecule is CCCCCCCCCCCCCCC[C@@H](O)[C@@H](C(=O)N1C(=O)OC[C@@H]1Cc1ccccc1)N(NC(=O)OCC(Cl)(Cl)Cl)C(=O)OCC(Cl)(Cl)Cl. The second-order valence-corrected chi connectivity index (χ2v) is 17.5. The van der Waals surface area contributed by atoms with Crippen LogP contribution in [-0.4, -0.2) is 84.8 Å². The molecule has 1 saturated heterocycles. The molecule has 0 saturated carbocycles. The fourth-order valence-corrected chi connectivity index (χ4v) is 5.93. The van der Waals surface area contributed by atoms with Crippen LogP contribution in [0.3, 0.4) is 0 Å². The number of carbonyl (C=O) groups excluding carboxylic acids is 4. The maximum Gasteiger partial charge on any atom is 0.429 e. The number of amides is 4. The average molecular weight is 840 g/mol. The quantitative estimate of drug-likeness (QED) is 0.0541. The van der Waals surface area contributed by atoms with Crippen molar-refractivity contribution in [1.29, 1.82) is 0 Å². The normalized spacial score (nSPS) is 16.0. The Morgan fingerprint density at radius 1 is 0.863 bits per heavy atom. The number of aliphatic hydroxyl groups is 1. The third-order valence-electron chi connectivity index (χ3n) is 8.15. The molecule has 3 atom stereocenters. The van der Waals surface area contributed by atoms with E-state index in [0.29, 0.717) is 11.4 Å². The van der Waals surface area contributed by atoms with E-state index in [-0.39, 0.29) is 19.4 Å². The number of ether oxygens (including phenoxy) is 3. The first-order valence-corrected chi connectivity index (χ1v) is 19.6. The number of hydrogen-bond acceptors (Lipinski definition) is 8. The van der Waals surface area contributed by atoms with Gasteiger partial charge in [-0.1, -0.05) is 190 Å². The summed E-state index contributed by atoms with van der Waals surface area (Å²) in [5.41, 5.74) is 2.87. The lowest BCUT2D eigenvalue weighted by Crippen LogP contribution is -2.63. The second-order valence-electron chi connectivity index (χ2n) is 12.5. The number of alkyl halides is 6. The molecule has 290 valence electrons. The summed E-state index contributed by atoms with van der Waals surface area (Å²) in [6.45, 7) is 0.536. The van der Waals surface area contributed by atoms with Crippen molar-refractivity contribution in [2.24, 2.45) is 0 Å². The minimum absolute atomic E-state index is 0.0134. The Morgan fingerprint density at radius 3 is 1.90 bits per heavy atom. The van der Waals surface area contributed by atoms with Crippen molar-refractivity contribution >= 4 is 93.8 Å². The highest BCUT2D eigenvalue weighted by Crippen LogP contribution is 2.28. The van der Waals surface area contributed by atoms with Crippen molar-refractivity contribution < 1.29 is 38.5 Å². The lowest BCUT2D eigenvalue weighted by Gasteiger charge is -2.35. The van der Waals surface area contributed by atoms with E-state index in [1.54, 1.807) is 12.1 Å². The Labute approximate surface area is 330 Å². The summed E-state index contributed by atoms with van der Waals surface area (Å²) in [7, 11) is 0. The van der Waals surface area contributed by atoms with Crippen LogP contribution >= 0.6 is 69.6 Å². The number of nitrogens with one attached hydrogen (secondary N) is 1. The molecule has 0 spiro atoms. The molecular formula is C34H49Cl6N3O8. The molecule has 1 aliphatic heterocycles. The van der Waals surface area contributed by atoms with Crippen LogP contribution in [0, 0.1) is 0 Å². The summed E-state index contributed by atoms with van der Waals surface area (Å²) < 4.78 is 11.1. The number of carbonyl (C=O) groups is 4. The predicted molar refractivity (Wildman–Crippen MR) is 200 cm³/mol. The van der Waals surface area contributed by atoms with E-state index < -0.39 is 63.2 Å². The standard InChI is InChI=1S/C34H49Cl6N3O8/c1-2-3-4-5-6-7-8-9-10-11-12-13-17-20-27(44)28(29(45)42-26(22-49-31(42)47)21-25-18-15-14-16-19-25)43(32(48)51-24-34(38,39)40)41-30(46)50-23-33(35,36)37/h14-16,18-19,26-28,44H,2-13,17,20-24H2,1H3,(H,41,46)/t26-,27+,28-/m0/s1. The number of unbranched alkanes of at least 4 members (excludes halogenated alkanes) is 12. The average Bonchev–Trinajstić information content (AvgIpc) is 3.43. The van der Waals surface area contributed by atoms with Crippen LogP contribution in [0.15, 0.2) is 30.3 Å². The zero-order valence-electron chi connectivity index (χ0n) is 28.8. The molecule has 2 N–H and O–H groups in total. The van der Waals surface area contributed by atoms with E-state index in [2.05, 4.69) is 12.3 Å². The Balaban J connectivity index is 2.20. The van der Waals surface area contributed by atoms with Crippen molar-refractivity contribution in [1.82, 2.24) is 15.3 Å². The first kappa shape index (κ1) is 45.6. The smallest absolute Gasteiger partial charge is 0.429 e. The molecule has 1 fully saturated rings. The number of cyclic esters (lactones) is 1. The van der Waals surface area contributed by atoms with Crippen molar-refractivity contribution in [3.05, 3.63) is 35.9 Å². The maximum absolute atomic E-state index is 14.3. The van der Waals surface area contributed by atoms with Gasteiger partial charge >= 0.3 is 18.3 Å². The summed E-state index contributed by atoms with van der Waals surface area (Å²) in [6.07, 6.45) is 9.11. The Morgan fingerprint density at radius 2 is 1.37 bits per heavy atom. The number of imide groups is 1. The molecule has 1 aromatic carbocycles. The predicted octanol–water partition coefficient (Wildman–Crippen LogP) is 9.61. The van der Waals surface area contributed by atoms with Crippen LogP contribution in [0.2, 0.25) is 0 Å². The van der Waals surface area contributed by atoms with Crippen molar-refractivity contribution in [2.45, 2.75) is 129 Å². The topological polar surface area (TPSA) is 135 Å². The molecule has 11 nitrogen and oxygen atoms in total. The van der Waals surface area contributed by atoms with Gasteiger partial charge in [-0.3, -0.25) is 4.79 Å². The van der Waals surface area contributed by atoms with Crippen molar-refractivity contribution in [2.75, 3.05) is 19.8 Å². The zero-order chi connectivity index (χ0) is 37.9. The van der Waals surface area contributed by atoms with E-state index in [9.17, 15) is 24.3 Å². The van der Waals surface area contributed by atoms with E-state index in [1.165, 1.54) is 44.9 Å². The van der Waals surface area contributed by atoms with E-state index in [1.807, 2.05) is 18.2 Å². The number of hydrazine groups is 1. The van der Waals surface area contributed by atoms with Crippen LogP contribution in [0.25, 0.3) is 0 Å². The van der Waals surface area contributed by atoms with E-state index in [4.69, 9.17) is 83.8 Å². The zero-order valence-corrected chi connectivity index (χ0v) is 33.3. The van der Waals surface area contributed by atoms with Gasteiger partial charge in [-0.05, 0) is 18.4 Å². The third kappa shape index (κ3) is 18.8. The molecule has 4 amide bonds. The largest absolute Gasteiger partial charge is 0.447 e. The molecule has 51 heavy (non-hydrogen) atoms. The number of nitrogens with zero attached hydrogens (tertiary/aromatic N) is 2. The summed E-state index contributed by atoms with van der Waals surface area (Å²) in [6, 6.07) is 6.35. The summed E-state index contributed by atoms with van der Waals surface area (Å²) in [5, 5.41) is 11.9. The minimum atomic E-state index is -2.07. The molecule has 0 unspecified atom stereocenters. The molecule has 0 radical (unpaired) electrons. The number of hydrogen-bond donors (Lipinski definition) is 2. The van der Waals surface area contributed by atoms with Crippen LogP contribution < -0.4 is 5.43 Å². The molecular weight excluding hydrogens is 791 g/mol. The summed E-state index contributed by atoms with van der Waals surface area (Å²) >= 11 is 34.4. The van der Waals surface area contributed by atoms with Crippen LogP contribution in [0.1, 0.15) is 102 Å². The highest BCUT2D eigenvalue weighted by molar-refractivity contribution is 6.68. The molecule has 1 aromatic rings. The van der Waals surface area contributed by atoms with Gasteiger partial charge in [-0.15, -0.1) is 0 Å². The van der Waals surface area contributed by atoms with Gasteiger partial charge in [-0.25, -0.2) is 29.7 Å². The Hall–Kier alpha value is -1.60. The maximum atomic E-state index is 14.3. The van der Waals surface area contributed by atoms with Crippen LogP contribution in [0.5, 0.6) is 0 Å². The molecule has 1 heterocycles. The molecule has 17 heteroatoms. The van der Waals surface area contributed by atoms with E-state index in [0.717, 1.165) is 42.6 Å². The first-order chi connectivity index (χ1) is 24.1. The Kier molecular flexibility index (Phi) is 21.4. The third-order valence-corrected chi connectivity index (χ3v) is 8.80. The highest BCUT2D eigenvalue weighted by atomic mass is 35.6. The van der Waals surface area contributed by atoms with Gasteiger partial charge in [0.1, 0.15) is 19.8 Å². The van der Waals surface area contributed by atoms with Gasteiger partial charge in [0.25, 0.3) is 5.91 Å². The van der Waals surface area contributed by atoms with Gasteiger partial charge in [0.2, 0.25) is 7.59 Å². The van der Waals surface area contributed by atoms with Crippen LogP contribution in [-0.2, 0) is 25.4 Å². The molecule has 0 bridgehead atoms. The van der Waals surface area contributed by atoms with Gasteiger partial charge in [0, 0.05) is 0 Å². The van der Waals surface area contributed by atoms with Gasteiger partial charge in [0.15, 0.2) is 6.04 Å². The van der Waals surface area contributed by atoms with E-state index >= 15 is 0 Å². The molecule has 0 aromatic heterocycles. The lowest BCUT2D eigenvalue weighted by atomic mass is 9.99. The molecule has 1 aliphatic rings. The fraction of sp³-hybridized carbons (Fsp3) is 0.706. The van der Waals surface area contributed by atoms with Crippen molar-refractivity contribution in [3.8, 4) is 0 Å². The summed E-state index contributed by atoms with van der Waals surface area (Å²) in [5.74, 6) is -1.05. The monoisotopic (exact) mass is 837 g/mol. The van der Waals surface area contributed by atoms with Gasteiger partial charge in [-0.2, -0.15) is 0 Å². The number of benzene rings is 1. The number of rotatable bonds is 21. The first-order valence-electron chi connectivity index (χ1n) is 17.4. The molecule has 0 aliphatic carbocycles. The van der Waals surface area contributed by atoms with Crippen LogP contribution in [0.4, 0.5) is 14.4 Å². The highest BCUT2D eigenvalue weighted by Gasteiger charge is 2.47. The number of aliphatic hydroxyl groups excluding tert-OH is 1. The van der Waals surface area contributed by atoms with Gasteiger partial charge in [0.05, 0.1) is 12.1 Å².